The molecule has 10 aliphatic rings. The molecule has 0 radical (unpaired) electrons. The minimum absolute atomic E-state index is 0.802. The molecule has 32 N–H and O–H groups in total. The summed E-state index contributed by atoms with van der Waals surface area (Å²) in [5, 5.41) is 337. The molecule has 0 aromatic rings. The van der Waals surface area contributed by atoms with Gasteiger partial charge < -0.3 is 254 Å². The Labute approximate surface area is 660 Å². The summed E-state index contributed by atoms with van der Waals surface area (Å²) in [6.45, 7) is -9.35. The van der Waals surface area contributed by atoms with Crippen molar-refractivity contribution in [1.29, 1.82) is 0 Å². The van der Waals surface area contributed by atoms with Crippen LogP contribution >= 0.6 is 0 Å². The molecule has 0 aromatic carbocycles. The van der Waals surface area contributed by atoms with Crippen LogP contribution in [0.1, 0.15) is 13.8 Å². The molecule has 10 saturated heterocycles. The van der Waals surface area contributed by atoms with Crippen LogP contribution in [0.4, 0.5) is 0 Å². The van der Waals surface area contributed by atoms with Crippen LogP contribution < -0.4 is 10.6 Å². The minimum atomic E-state index is -2.60. The van der Waals surface area contributed by atoms with Crippen molar-refractivity contribution in [3.8, 4) is 0 Å². The van der Waals surface area contributed by atoms with E-state index in [1.807, 2.05) is 0 Å². The second-order valence-corrected chi connectivity index (χ2v) is 29.5. The Morgan fingerprint density at radius 1 is 0.222 bits per heavy atom. The first kappa shape index (κ1) is 96.2. The number of ether oxygens (including phenoxy) is 19. The zero-order chi connectivity index (χ0) is 85.9. The zero-order valence-corrected chi connectivity index (χ0v) is 61.9. The Balaban J connectivity index is 1.01. The average molecular weight is 1720 g/mol. The van der Waals surface area contributed by atoms with E-state index in [1.165, 1.54) is 0 Å². The lowest BCUT2D eigenvalue weighted by molar-refractivity contribution is -0.401. The van der Waals surface area contributed by atoms with Crippen LogP contribution in [0.2, 0.25) is 0 Å². The average Bonchev–Trinajstić information content (AvgIpc) is 0.774. The molecule has 10 rings (SSSR count). The van der Waals surface area contributed by atoms with E-state index in [9.17, 15) is 163 Å². The molecule has 10 fully saturated rings. The topological polar surface area (TPSA) is 840 Å². The maximum atomic E-state index is 13.0. The number of amides is 2. The predicted octanol–water partition coefficient (Wildman–Crippen LogP) is -22.5. The van der Waals surface area contributed by atoms with E-state index in [0.717, 1.165) is 13.8 Å². The van der Waals surface area contributed by atoms with Crippen molar-refractivity contribution < 1.29 is 253 Å². The Bertz CT molecular complexity index is 3050. The van der Waals surface area contributed by atoms with Gasteiger partial charge in [0, 0.05) is 13.8 Å². The monoisotopic (exact) mass is 1720 g/mol. The third-order valence-corrected chi connectivity index (χ3v) is 21.7. The summed E-state index contributed by atoms with van der Waals surface area (Å²) in [6, 6.07) is -3.62. The molecule has 0 aromatic heterocycles. The van der Waals surface area contributed by atoms with Crippen LogP contribution in [-0.4, -0.2) is 538 Å². The maximum Gasteiger partial charge on any atom is 0.217 e. The SMILES string of the molecule is CC(=O)NC1C(O)OC(CO)C(OC2OC(CO)C(OC3OC(COC4OC(COC5OC(CO)C(O)C(O)C5OC5OC(CO)C(O)C(O)C5O)C(O)C(OC5OC(CO)C(O)C(O)C5OC5OC(CO)C(O)C(O)C5O)C4O)C(O)C(OC4OC(CO)C(O)C(O)C4OC4OC(CO)C(O)C(O)C4O)C3O)C(O)C2NC(C)=O)C1O. The standard InChI is InChI=1S/C64H108N2O51/c1-13(75)65-25-35(85)48(21(9-73)101-55(25)98)111-56-26(66-14(2)76)36(86)49(22(10-74)108-56)112-61-47(97)51(114-64-54(42(92)32(82)20(8-72)107-64)117-60-45(95)39(89)29(79)17(5-69)104-60)34(84)24(110-61)11-99-57-46(96)50(113-63-53(41(91)31(81)19(7-71)106-63)116-59-44(94)38(88)28(78)16(4-68)103-59)33(83)23(109-57)12-100-62-52(40(90)30(80)18(6-70)105-62)115-58-43(93)37(87)27(77)15(3-67)102-58/h15-64,67-74,77-98H,3-12H2,1-2H3,(H,65,75)(H,66,76). The maximum absolute atomic E-state index is 13.0. The van der Waals surface area contributed by atoms with E-state index in [1.54, 1.807) is 0 Å². The van der Waals surface area contributed by atoms with Crippen LogP contribution in [0, 0.1) is 0 Å². The summed E-state index contributed by atoms with van der Waals surface area (Å²) >= 11 is 0. The molecular formula is C64H108N2O51. The first-order chi connectivity index (χ1) is 55.4. The lowest BCUT2D eigenvalue weighted by Gasteiger charge is -2.51. The molecular weight excluding hydrogens is 1610 g/mol. The smallest absolute Gasteiger partial charge is 0.217 e. The van der Waals surface area contributed by atoms with Gasteiger partial charge in [-0.05, 0) is 0 Å². The van der Waals surface area contributed by atoms with Crippen LogP contribution in [0.25, 0.3) is 0 Å². The molecule has 0 aliphatic carbocycles. The Hall–Kier alpha value is -3.02. The molecule has 0 saturated carbocycles. The van der Waals surface area contributed by atoms with Crippen LogP contribution in [0.15, 0.2) is 0 Å². The van der Waals surface area contributed by atoms with Gasteiger partial charge in [0.25, 0.3) is 0 Å². The van der Waals surface area contributed by atoms with Gasteiger partial charge in [-0.1, -0.05) is 0 Å². The molecule has 53 heteroatoms. The number of nitrogens with one attached hydrogen (secondary N) is 2. The molecule has 2 amide bonds. The van der Waals surface area contributed by atoms with E-state index < -0.39 is 385 Å². The summed E-state index contributed by atoms with van der Waals surface area (Å²) in [5.41, 5.74) is 0. The molecule has 0 bridgehead atoms. The van der Waals surface area contributed by atoms with Crippen LogP contribution in [-0.2, 0) is 99.6 Å². The second-order valence-electron chi connectivity index (χ2n) is 29.5. The van der Waals surface area contributed by atoms with E-state index in [0.29, 0.717) is 0 Å². The molecule has 680 valence electrons. The summed E-state index contributed by atoms with van der Waals surface area (Å²) < 4.78 is 111. The fourth-order valence-corrected chi connectivity index (χ4v) is 15.0. The third-order valence-electron chi connectivity index (χ3n) is 21.7. The number of hydrogen-bond acceptors (Lipinski definition) is 51. The number of hydrogen-bond donors (Lipinski definition) is 32. The highest BCUT2D eigenvalue weighted by atomic mass is 16.8. The molecule has 10 aliphatic heterocycles. The Morgan fingerprint density at radius 2 is 0.470 bits per heavy atom. The van der Waals surface area contributed by atoms with Crippen molar-refractivity contribution in [3.05, 3.63) is 0 Å². The summed E-state index contributed by atoms with van der Waals surface area (Å²) in [7, 11) is 0. The van der Waals surface area contributed by atoms with Crippen molar-refractivity contribution in [2.24, 2.45) is 0 Å². The molecule has 53 nitrogen and oxygen atoms in total. The van der Waals surface area contributed by atoms with E-state index in [-0.39, 0.29) is 0 Å². The minimum Gasteiger partial charge on any atom is -0.394 e. The van der Waals surface area contributed by atoms with Crippen molar-refractivity contribution in [1.82, 2.24) is 10.6 Å². The van der Waals surface area contributed by atoms with Gasteiger partial charge in [-0.15, -0.1) is 0 Å². The Kier molecular flexibility index (Phi) is 34.4. The highest BCUT2D eigenvalue weighted by Gasteiger charge is 2.61. The highest BCUT2D eigenvalue weighted by Crippen LogP contribution is 2.40. The van der Waals surface area contributed by atoms with E-state index >= 15 is 0 Å². The van der Waals surface area contributed by atoms with E-state index in [4.69, 9.17) is 90.0 Å². The molecule has 0 spiro atoms. The van der Waals surface area contributed by atoms with Gasteiger partial charge >= 0.3 is 0 Å². The number of carbonyl (C=O) groups excluding carboxylic acids is 2. The largest absolute Gasteiger partial charge is 0.394 e. The predicted molar refractivity (Wildman–Crippen MR) is 353 cm³/mol. The van der Waals surface area contributed by atoms with Crippen molar-refractivity contribution in [2.45, 2.75) is 321 Å². The van der Waals surface area contributed by atoms with Gasteiger partial charge in [0.05, 0.1) is 66.1 Å². The molecule has 50 atom stereocenters. The number of rotatable bonds is 30. The summed E-state index contributed by atoms with van der Waals surface area (Å²) in [4.78, 5) is 25.2. The van der Waals surface area contributed by atoms with Gasteiger partial charge in [0.2, 0.25) is 11.8 Å². The number of aliphatic hydroxyl groups is 30. The van der Waals surface area contributed by atoms with Crippen molar-refractivity contribution in [2.75, 3.05) is 66.1 Å². The first-order valence-corrected chi connectivity index (χ1v) is 37.2. The number of carbonyl (C=O) groups is 2. The Morgan fingerprint density at radius 3 is 0.838 bits per heavy atom. The quantitative estimate of drug-likeness (QED) is 0.0318. The van der Waals surface area contributed by atoms with Gasteiger partial charge in [0.15, 0.2) is 62.9 Å². The number of aliphatic hydroxyl groups excluding tert-OH is 30. The lowest BCUT2D eigenvalue weighted by Crippen LogP contribution is -2.70. The van der Waals surface area contributed by atoms with Crippen molar-refractivity contribution in [3.63, 3.8) is 0 Å². The van der Waals surface area contributed by atoms with Crippen LogP contribution in [0.3, 0.4) is 0 Å². The first-order valence-electron chi connectivity index (χ1n) is 37.2. The highest BCUT2D eigenvalue weighted by molar-refractivity contribution is 5.73. The van der Waals surface area contributed by atoms with Crippen molar-refractivity contribution >= 4 is 11.8 Å². The fraction of sp³-hybridized carbons (Fsp3) is 0.969. The molecule has 10 heterocycles. The van der Waals surface area contributed by atoms with Gasteiger partial charge in [0.1, 0.15) is 244 Å². The normalized spacial score (nSPS) is 51.5. The van der Waals surface area contributed by atoms with E-state index in [2.05, 4.69) is 10.6 Å². The lowest BCUT2D eigenvalue weighted by atomic mass is 9.94. The molecule has 50 unspecified atom stereocenters. The zero-order valence-electron chi connectivity index (χ0n) is 61.9. The van der Waals surface area contributed by atoms with Gasteiger partial charge in [-0.3, -0.25) is 9.59 Å². The van der Waals surface area contributed by atoms with Crippen LogP contribution in [0.5, 0.6) is 0 Å². The third kappa shape index (κ3) is 20.7. The van der Waals surface area contributed by atoms with Gasteiger partial charge in [-0.2, -0.15) is 0 Å². The van der Waals surface area contributed by atoms with Gasteiger partial charge in [-0.25, -0.2) is 0 Å². The second kappa shape index (κ2) is 41.9. The summed E-state index contributed by atoms with van der Waals surface area (Å²) in [6.07, 6.45) is -104. The fourth-order valence-electron chi connectivity index (χ4n) is 15.0. The molecule has 117 heavy (non-hydrogen) atoms. The summed E-state index contributed by atoms with van der Waals surface area (Å²) in [5.74, 6) is -1.77.